The quantitative estimate of drug-likeness (QED) is 0.563. The summed E-state index contributed by atoms with van der Waals surface area (Å²) in [6.07, 6.45) is 1.88. The van der Waals surface area contributed by atoms with Gasteiger partial charge in [0.15, 0.2) is 5.13 Å². The Labute approximate surface area is 187 Å². The third-order valence-corrected chi connectivity index (χ3v) is 7.91. The third-order valence-electron chi connectivity index (χ3n) is 4.72. The summed E-state index contributed by atoms with van der Waals surface area (Å²) in [6, 6.07) is 11.3. The van der Waals surface area contributed by atoms with E-state index in [0.717, 1.165) is 16.9 Å². The monoisotopic (exact) mass is 477 g/mol. The van der Waals surface area contributed by atoms with Gasteiger partial charge in [0.1, 0.15) is 9.77 Å². The number of aromatic nitrogens is 1. The van der Waals surface area contributed by atoms with Gasteiger partial charge >= 0.3 is 5.97 Å². The molecule has 0 radical (unpaired) electrons. The molecular weight excluding hydrogens is 462 g/mol. The lowest BCUT2D eigenvalue weighted by atomic mass is 10.2. The number of nitrogens with one attached hydrogen (secondary N) is 1. The number of thiazole rings is 1. The van der Waals surface area contributed by atoms with Gasteiger partial charge in [-0.3, -0.25) is 14.4 Å². The number of esters is 1. The van der Waals surface area contributed by atoms with Crippen LogP contribution in [0.2, 0.25) is 5.02 Å². The van der Waals surface area contributed by atoms with E-state index in [0.29, 0.717) is 18.7 Å². The summed E-state index contributed by atoms with van der Waals surface area (Å²) < 4.78 is 32.5. The van der Waals surface area contributed by atoms with Gasteiger partial charge in [0.2, 0.25) is 0 Å². The van der Waals surface area contributed by atoms with Crippen LogP contribution in [-0.4, -0.2) is 38.9 Å². The first-order chi connectivity index (χ1) is 14.8. The summed E-state index contributed by atoms with van der Waals surface area (Å²) in [5.41, 5.74) is 1.62. The fourth-order valence-corrected chi connectivity index (χ4v) is 5.95. The van der Waals surface area contributed by atoms with Gasteiger partial charge in [0, 0.05) is 12.1 Å². The fraction of sp³-hybridized carbons (Fsp3) is 0.150. The van der Waals surface area contributed by atoms with Crippen molar-refractivity contribution in [3.05, 3.63) is 69.7 Å². The van der Waals surface area contributed by atoms with Gasteiger partial charge in [0.25, 0.3) is 15.9 Å². The molecule has 2 heterocycles. The van der Waals surface area contributed by atoms with Crippen molar-refractivity contribution in [1.29, 1.82) is 0 Å². The van der Waals surface area contributed by atoms with E-state index >= 15 is 0 Å². The van der Waals surface area contributed by atoms with E-state index in [2.05, 4.69) is 15.0 Å². The topological polar surface area (TPSA) is 106 Å². The number of nitrogens with zero attached hydrogens (tertiary/aromatic N) is 2. The number of halogens is 1. The number of hydrogen-bond acceptors (Lipinski definition) is 7. The second-order valence-electron chi connectivity index (χ2n) is 6.58. The average Bonchev–Trinajstić information content (AvgIpc) is 3.40. The lowest BCUT2D eigenvalue weighted by molar-refractivity contribution is 0.0606. The van der Waals surface area contributed by atoms with Crippen molar-refractivity contribution in [2.24, 2.45) is 0 Å². The van der Waals surface area contributed by atoms with Crippen LogP contribution in [0.5, 0.6) is 0 Å². The molecular formula is C20H16ClN3O5S2. The normalized spacial score (nSPS) is 13.0. The van der Waals surface area contributed by atoms with Crippen LogP contribution in [0.25, 0.3) is 0 Å². The van der Waals surface area contributed by atoms with Crippen LogP contribution in [0, 0.1) is 0 Å². The minimum absolute atomic E-state index is 0.0168. The smallest absolute Gasteiger partial charge is 0.349 e. The van der Waals surface area contributed by atoms with E-state index in [1.807, 2.05) is 12.1 Å². The molecule has 0 saturated heterocycles. The number of anilines is 2. The van der Waals surface area contributed by atoms with Gasteiger partial charge in [-0.05, 0) is 36.2 Å². The molecule has 0 bridgehead atoms. The molecule has 1 aromatic heterocycles. The van der Waals surface area contributed by atoms with Crippen LogP contribution in [0.1, 0.15) is 25.6 Å². The molecule has 1 amide bonds. The highest BCUT2D eigenvalue weighted by Crippen LogP contribution is 2.35. The summed E-state index contributed by atoms with van der Waals surface area (Å²) in [7, 11) is -2.73. The number of rotatable bonds is 5. The zero-order chi connectivity index (χ0) is 22.2. The molecule has 1 aliphatic heterocycles. The molecule has 11 heteroatoms. The van der Waals surface area contributed by atoms with Crippen LogP contribution in [0.15, 0.2) is 53.6 Å². The Kier molecular flexibility index (Phi) is 5.69. The molecule has 4 rings (SSSR count). The van der Waals surface area contributed by atoms with Crippen LogP contribution < -0.4 is 9.62 Å². The van der Waals surface area contributed by atoms with Crippen molar-refractivity contribution >= 4 is 55.7 Å². The molecule has 0 aliphatic carbocycles. The maximum atomic E-state index is 13.3. The zero-order valence-electron chi connectivity index (χ0n) is 16.2. The number of methoxy groups -OCH3 is 1. The highest BCUT2D eigenvalue weighted by molar-refractivity contribution is 7.93. The summed E-state index contributed by atoms with van der Waals surface area (Å²) in [6.45, 7) is 0.295. The van der Waals surface area contributed by atoms with Gasteiger partial charge in [-0.25, -0.2) is 18.2 Å². The Hall–Kier alpha value is -2.95. The number of carbonyl (C=O) groups excluding carboxylic acids is 2. The highest BCUT2D eigenvalue weighted by atomic mass is 35.5. The molecule has 0 fully saturated rings. The van der Waals surface area contributed by atoms with E-state index in [-0.39, 0.29) is 25.5 Å². The number of fused-ring (bicyclic) bond motifs is 1. The molecule has 8 nitrogen and oxygen atoms in total. The van der Waals surface area contributed by atoms with Crippen molar-refractivity contribution in [3.8, 4) is 0 Å². The molecule has 1 aliphatic rings. The molecule has 1 N–H and O–H groups in total. The maximum absolute atomic E-state index is 13.3. The van der Waals surface area contributed by atoms with Crippen molar-refractivity contribution < 1.29 is 22.7 Å². The van der Waals surface area contributed by atoms with E-state index in [1.54, 1.807) is 12.1 Å². The van der Waals surface area contributed by atoms with Gasteiger partial charge in [-0.2, -0.15) is 0 Å². The van der Waals surface area contributed by atoms with E-state index < -0.39 is 21.9 Å². The summed E-state index contributed by atoms with van der Waals surface area (Å²) in [5.74, 6) is -1.15. The highest BCUT2D eigenvalue weighted by Gasteiger charge is 2.32. The molecule has 160 valence electrons. The number of para-hydroxylation sites is 1. The maximum Gasteiger partial charge on any atom is 0.349 e. The first-order valence-corrected chi connectivity index (χ1v) is 11.7. The predicted molar refractivity (Wildman–Crippen MR) is 118 cm³/mol. The minimum atomic E-state index is -3.97. The predicted octanol–water partition coefficient (Wildman–Crippen LogP) is 3.59. The Bertz CT molecular complexity index is 1290. The van der Waals surface area contributed by atoms with Gasteiger partial charge in [-0.15, -0.1) is 0 Å². The van der Waals surface area contributed by atoms with Gasteiger partial charge in [-0.1, -0.05) is 41.1 Å². The fourth-order valence-electron chi connectivity index (χ4n) is 3.21. The molecule has 0 spiro atoms. The second-order valence-corrected chi connectivity index (χ2v) is 9.85. The summed E-state index contributed by atoms with van der Waals surface area (Å²) in [5, 5.41) is 2.75. The van der Waals surface area contributed by atoms with Gasteiger partial charge < -0.3 is 4.74 Å². The first-order valence-electron chi connectivity index (χ1n) is 9.07. The van der Waals surface area contributed by atoms with Crippen LogP contribution in [-0.2, 0) is 21.2 Å². The van der Waals surface area contributed by atoms with Crippen LogP contribution in [0.4, 0.5) is 10.8 Å². The lowest BCUT2D eigenvalue weighted by Crippen LogP contribution is -2.29. The standard InChI is InChI=1S/C20H16ClN3O5S2/c1-29-19(26)16-11-22-20(30-16)23-18(25)13-6-7-14(21)17(10-13)31(27,28)24-9-8-12-4-2-3-5-15(12)24/h2-7,10-11H,8-9H2,1H3,(H,22,23,25). The van der Waals surface area contributed by atoms with Crippen LogP contribution >= 0.6 is 22.9 Å². The molecule has 0 unspecified atom stereocenters. The minimum Gasteiger partial charge on any atom is -0.465 e. The zero-order valence-corrected chi connectivity index (χ0v) is 18.6. The van der Waals surface area contributed by atoms with Gasteiger partial charge in [0.05, 0.1) is 24.0 Å². The lowest BCUT2D eigenvalue weighted by Gasteiger charge is -2.20. The number of amides is 1. The molecule has 2 aromatic carbocycles. The van der Waals surface area contributed by atoms with Crippen molar-refractivity contribution in [2.75, 3.05) is 23.3 Å². The molecule has 0 saturated carbocycles. The Morgan fingerprint density at radius 2 is 2.00 bits per heavy atom. The SMILES string of the molecule is COC(=O)c1cnc(NC(=O)c2ccc(Cl)c(S(=O)(=O)N3CCc4ccccc43)c2)s1. The third kappa shape index (κ3) is 4.01. The summed E-state index contributed by atoms with van der Waals surface area (Å²) >= 11 is 7.15. The average molecular weight is 478 g/mol. The first kappa shape index (κ1) is 21.3. The Balaban J connectivity index is 1.62. The Morgan fingerprint density at radius 1 is 1.23 bits per heavy atom. The second kappa shape index (κ2) is 8.29. The number of carbonyl (C=O) groups is 2. The number of hydrogen-bond donors (Lipinski definition) is 1. The van der Waals surface area contributed by atoms with Crippen molar-refractivity contribution in [1.82, 2.24) is 4.98 Å². The molecule has 0 atom stereocenters. The summed E-state index contributed by atoms with van der Waals surface area (Å²) in [4.78, 5) is 28.2. The van der Waals surface area contributed by atoms with Crippen molar-refractivity contribution in [3.63, 3.8) is 0 Å². The number of ether oxygens (including phenoxy) is 1. The number of sulfonamides is 1. The molecule has 3 aromatic rings. The van der Waals surface area contributed by atoms with E-state index in [9.17, 15) is 18.0 Å². The van der Waals surface area contributed by atoms with Crippen LogP contribution in [0.3, 0.4) is 0 Å². The Morgan fingerprint density at radius 3 is 2.77 bits per heavy atom. The number of benzene rings is 2. The molecule has 31 heavy (non-hydrogen) atoms. The largest absolute Gasteiger partial charge is 0.465 e. The van der Waals surface area contributed by atoms with E-state index in [4.69, 9.17) is 11.6 Å². The van der Waals surface area contributed by atoms with E-state index in [1.165, 1.54) is 35.8 Å². The van der Waals surface area contributed by atoms with Crippen molar-refractivity contribution in [2.45, 2.75) is 11.3 Å².